The van der Waals surface area contributed by atoms with E-state index in [-0.39, 0.29) is 12.1 Å². The standard InChI is InChI=1S/C24H34N4O2/c29-23(27-21-15-9-7-10-16-21)25-19-13-5-3-1-2-4-6-14-20-26-24(30)28-22-17-11-8-12-18-22/h7-12,15-18H,1-6,13-14,19-20H2,(H2,25,27,29)(H2,26,28,30). The third-order valence-corrected chi connectivity index (χ3v) is 4.74. The summed E-state index contributed by atoms with van der Waals surface area (Å²) in [5.41, 5.74) is 1.61. The van der Waals surface area contributed by atoms with Crippen LogP contribution in [0.3, 0.4) is 0 Å². The number of para-hydroxylation sites is 2. The van der Waals surface area contributed by atoms with Crippen LogP contribution in [0.5, 0.6) is 0 Å². The van der Waals surface area contributed by atoms with Crippen molar-refractivity contribution >= 4 is 23.4 Å². The number of benzene rings is 2. The van der Waals surface area contributed by atoms with Gasteiger partial charge in [-0.2, -0.15) is 0 Å². The molecule has 0 atom stereocenters. The van der Waals surface area contributed by atoms with E-state index in [9.17, 15) is 9.59 Å². The number of unbranched alkanes of at least 4 members (excludes halogenated alkanes) is 7. The maximum absolute atomic E-state index is 11.8. The molecule has 0 aromatic heterocycles. The van der Waals surface area contributed by atoms with Crippen molar-refractivity contribution < 1.29 is 9.59 Å². The molecule has 30 heavy (non-hydrogen) atoms. The number of amides is 4. The van der Waals surface area contributed by atoms with Crippen LogP contribution >= 0.6 is 0 Å². The number of carbonyl (C=O) groups excluding carboxylic acids is 2. The van der Waals surface area contributed by atoms with E-state index in [0.717, 1.165) is 37.1 Å². The van der Waals surface area contributed by atoms with Gasteiger partial charge in [-0.1, -0.05) is 74.9 Å². The predicted molar refractivity (Wildman–Crippen MR) is 124 cm³/mol. The van der Waals surface area contributed by atoms with Gasteiger partial charge in [0.25, 0.3) is 0 Å². The van der Waals surface area contributed by atoms with Crippen LogP contribution in [0, 0.1) is 0 Å². The lowest BCUT2D eigenvalue weighted by molar-refractivity contribution is 0.251. The van der Waals surface area contributed by atoms with E-state index >= 15 is 0 Å². The van der Waals surface area contributed by atoms with Crippen LogP contribution in [0.25, 0.3) is 0 Å². The molecule has 4 N–H and O–H groups in total. The van der Waals surface area contributed by atoms with Crippen LogP contribution < -0.4 is 21.3 Å². The van der Waals surface area contributed by atoms with Crippen LogP contribution in [0.2, 0.25) is 0 Å². The maximum Gasteiger partial charge on any atom is 0.319 e. The van der Waals surface area contributed by atoms with Gasteiger partial charge in [0.05, 0.1) is 0 Å². The van der Waals surface area contributed by atoms with E-state index in [0.29, 0.717) is 13.1 Å². The van der Waals surface area contributed by atoms with Crippen LogP contribution in [0.4, 0.5) is 21.0 Å². The normalized spacial score (nSPS) is 10.3. The first-order chi connectivity index (χ1) is 14.7. The number of nitrogens with one attached hydrogen (secondary N) is 4. The summed E-state index contributed by atoms with van der Waals surface area (Å²) in [5, 5.41) is 11.4. The molecule has 0 fully saturated rings. The molecular weight excluding hydrogens is 376 g/mol. The first-order valence-electron chi connectivity index (χ1n) is 10.9. The number of hydrogen-bond donors (Lipinski definition) is 4. The first kappa shape index (κ1) is 23.3. The molecule has 0 aliphatic rings. The van der Waals surface area contributed by atoms with Crippen LogP contribution in [0.1, 0.15) is 51.4 Å². The summed E-state index contributed by atoms with van der Waals surface area (Å²) in [6.07, 6.45) is 9.10. The fourth-order valence-corrected chi connectivity index (χ4v) is 3.11. The highest BCUT2D eigenvalue weighted by atomic mass is 16.2. The van der Waals surface area contributed by atoms with Crippen molar-refractivity contribution in [1.29, 1.82) is 0 Å². The van der Waals surface area contributed by atoms with E-state index in [1.54, 1.807) is 0 Å². The second-order valence-corrected chi connectivity index (χ2v) is 7.32. The van der Waals surface area contributed by atoms with E-state index in [2.05, 4.69) is 21.3 Å². The van der Waals surface area contributed by atoms with Crippen molar-refractivity contribution in [2.75, 3.05) is 23.7 Å². The highest BCUT2D eigenvalue weighted by molar-refractivity contribution is 5.89. The third kappa shape index (κ3) is 11.1. The Morgan fingerprint density at radius 2 is 0.833 bits per heavy atom. The second kappa shape index (κ2) is 14.9. The Morgan fingerprint density at radius 3 is 1.20 bits per heavy atom. The Balaban J connectivity index is 1.33. The van der Waals surface area contributed by atoms with Crippen molar-refractivity contribution in [3.05, 3.63) is 60.7 Å². The van der Waals surface area contributed by atoms with Crippen LogP contribution in [-0.4, -0.2) is 25.2 Å². The molecule has 2 rings (SSSR count). The molecule has 0 spiro atoms. The predicted octanol–water partition coefficient (Wildman–Crippen LogP) is 5.75. The van der Waals surface area contributed by atoms with Gasteiger partial charge in [0.15, 0.2) is 0 Å². The Kier molecular flexibility index (Phi) is 11.6. The summed E-state index contributed by atoms with van der Waals surface area (Å²) >= 11 is 0. The molecule has 2 aromatic carbocycles. The van der Waals surface area contributed by atoms with Crippen molar-refractivity contribution in [2.24, 2.45) is 0 Å². The molecule has 0 aliphatic heterocycles. The Bertz CT molecular complexity index is 659. The fourth-order valence-electron chi connectivity index (χ4n) is 3.11. The molecule has 162 valence electrons. The Labute approximate surface area is 179 Å². The van der Waals surface area contributed by atoms with Gasteiger partial charge in [-0.3, -0.25) is 0 Å². The minimum Gasteiger partial charge on any atom is -0.338 e. The summed E-state index contributed by atoms with van der Waals surface area (Å²) < 4.78 is 0. The average Bonchev–Trinajstić information content (AvgIpc) is 2.76. The molecule has 6 heteroatoms. The minimum atomic E-state index is -0.146. The number of carbonyl (C=O) groups is 2. The fraction of sp³-hybridized carbons (Fsp3) is 0.417. The zero-order valence-corrected chi connectivity index (χ0v) is 17.7. The molecular formula is C24H34N4O2. The van der Waals surface area contributed by atoms with E-state index in [1.165, 1.54) is 25.7 Å². The summed E-state index contributed by atoms with van der Waals surface area (Å²) in [6, 6.07) is 18.6. The minimum absolute atomic E-state index is 0.146. The smallest absolute Gasteiger partial charge is 0.319 e. The van der Waals surface area contributed by atoms with Crippen molar-refractivity contribution in [2.45, 2.75) is 51.4 Å². The number of hydrogen-bond acceptors (Lipinski definition) is 2. The van der Waals surface area contributed by atoms with Gasteiger partial charge in [0.1, 0.15) is 0 Å². The van der Waals surface area contributed by atoms with Gasteiger partial charge in [-0.25, -0.2) is 9.59 Å². The molecule has 0 radical (unpaired) electrons. The molecule has 4 amide bonds. The molecule has 6 nitrogen and oxygen atoms in total. The number of anilines is 2. The van der Waals surface area contributed by atoms with Crippen LogP contribution in [0.15, 0.2) is 60.7 Å². The highest BCUT2D eigenvalue weighted by Gasteiger charge is 2.01. The van der Waals surface area contributed by atoms with E-state index < -0.39 is 0 Å². The maximum atomic E-state index is 11.8. The SMILES string of the molecule is O=C(NCCCCCCCCCCNC(=O)Nc1ccccc1)Nc1ccccc1. The summed E-state index contributed by atoms with van der Waals surface area (Å²) in [7, 11) is 0. The van der Waals surface area contributed by atoms with Crippen molar-refractivity contribution in [3.63, 3.8) is 0 Å². The van der Waals surface area contributed by atoms with Crippen molar-refractivity contribution in [3.8, 4) is 0 Å². The lowest BCUT2D eigenvalue weighted by atomic mass is 10.1. The second-order valence-electron chi connectivity index (χ2n) is 7.32. The zero-order chi connectivity index (χ0) is 21.3. The molecule has 0 unspecified atom stereocenters. The summed E-state index contributed by atoms with van der Waals surface area (Å²) in [6.45, 7) is 1.41. The van der Waals surface area contributed by atoms with Gasteiger partial charge in [0.2, 0.25) is 0 Å². The number of rotatable bonds is 13. The lowest BCUT2D eigenvalue weighted by Crippen LogP contribution is -2.29. The van der Waals surface area contributed by atoms with Gasteiger partial charge in [0, 0.05) is 24.5 Å². The lowest BCUT2D eigenvalue weighted by Gasteiger charge is -2.08. The van der Waals surface area contributed by atoms with E-state index in [1.807, 2.05) is 60.7 Å². The third-order valence-electron chi connectivity index (χ3n) is 4.74. The molecule has 0 bridgehead atoms. The summed E-state index contributed by atoms with van der Waals surface area (Å²) in [5.74, 6) is 0. The molecule has 0 aliphatic carbocycles. The first-order valence-corrected chi connectivity index (χ1v) is 10.9. The average molecular weight is 411 g/mol. The highest BCUT2D eigenvalue weighted by Crippen LogP contribution is 2.09. The molecule has 2 aromatic rings. The Hall–Kier alpha value is -3.02. The van der Waals surface area contributed by atoms with Gasteiger partial charge < -0.3 is 21.3 Å². The topological polar surface area (TPSA) is 82.3 Å². The van der Waals surface area contributed by atoms with E-state index in [4.69, 9.17) is 0 Å². The number of urea groups is 2. The molecule has 0 heterocycles. The van der Waals surface area contributed by atoms with Gasteiger partial charge in [-0.15, -0.1) is 0 Å². The Morgan fingerprint density at radius 1 is 0.500 bits per heavy atom. The molecule has 0 saturated heterocycles. The summed E-state index contributed by atoms with van der Waals surface area (Å²) in [4.78, 5) is 23.5. The largest absolute Gasteiger partial charge is 0.338 e. The van der Waals surface area contributed by atoms with Crippen LogP contribution in [-0.2, 0) is 0 Å². The van der Waals surface area contributed by atoms with Crippen molar-refractivity contribution in [1.82, 2.24) is 10.6 Å². The van der Waals surface area contributed by atoms with Gasteiger partial charge >= 0.3 is 12.1 Å². The monoisotopic (exact) mass is 410 g/mol. The quantitative estimate of drug-likeness (QED) is 0.317. The zero-order valence-electron chi connectivity index (χ0n) is 17.7. The van der Waals surface area contributed by atoms with Gasteiger partial charge in [-0.05, 0) is 37.1 Å². The molecule has 0 saturated carbocycles.